The second-order valence-corrected chi connectivity index (χ2v) is 2.76. The zero-order valence-corrected chi connectivity index (χ0v) is 7.12. The van der Waals surface area contributed by atoms with Gasteiger partial charge in [-0.25, -0.2) is 9.13 Å². The van der Waals surface area contributed by atoms with Crippen LogP contribution in [0.5, 0.6) is 0 Å². The summed E-state index contributed by atoms with van der Waals surface area (Å²) in [5.41, 5.74) is 0. The molecule has 3 nitrogen and oxygen atoms in total. The maximum absolute atomic E-state index is 8.63. The third kappa shape index (κ3) is 1.80. The maximum atomic E-state index is 8.63. The minimum atomic E-state index is 0.269. The van der Waals surface area contributed by atoms with Crippen LogP contribution in [0.1, 0.15) is 12.2 Å². The summed E-state index contributed by atoms with van der Waals surface area (Å²) < 4.78 is 4.16. The summed E-state index contributed by atoms with van der Waals surface area (Å²) in [4.78, 5) is 0. The fraction of sp³-hybridized carbons (Fsp3) is 0.625. The molecule has 0 unspecified atom stereocenters. The first-order valence-electron chi connectivity index (χ1n) is 3.86. The number of rotatable bonds is 3. The van der Waals surface area contributed by atoms with Crippen LogP contribution in [-0.2, 0) is 20.5 Å². The van der Waals surface area contributed by atoms with Crippen LogP contribution in [0.2, 0.25) is 0 Å². The number of aliphatic hydroxyl groups is 1. The van der Waals surface area contributed by atoms with Crippen molar-refractivity contribution in [3.8, 4) is 0 Å². The van der Waals surface area contributed by atoms with E-state index in [1.165, 1.54) is 5.82 Å². The van der Waals surface area contributed by atoms with Crippen molar-refractivity contribution in [3.05, 3.63) is 18.2 Å². The minimum absolute atomic E-state index is 0.269. The van der Waals surface area contributed by atoms with Crippen molar-refractivity contribution in [1.82, 2.24) is 4.57 Å². The van der Waals surface area contributed by atoms with E-state index in [2.05, 4.69) is 9.13 Å². The third-order valence-corrected chi connectivity index (χ3v) is 1.89. The van der Waals surface area contributed by atoms with Crippen LogP contribution < -0.4 is 4.57 Å². The molecule has 1 aromatic rings. The van der Waals surface area contributed by atoms with Gasteiger partial charge in [0.2, 0.25) is 0 Å². The van der Waals surface area contributed by atoms with Crippen molar-refractivity contribution in [1.29, 1.82) is 0 Å². The molecule has 0 saturated carbocycles. The summed E-state index contributed by atoms with van der Waals surface area (Å²) >= 11 is 0. The van der Waals surface area contributed by atoms with Crippen LogP contribution in [0, 0.1) is 0 Å². The highest BCUT2D eigenvalue weighted by Crippen LogP contribution is 1.95. The minimum Gasteiger partial charge on any atom is -0.396 e. The first-order chi connectivity index (χ1) is 5.25. The van der Waals surface area contributed by atoms with Gasteiger partial charge in [0.25, 0.3) is 5.82 Å². The van der Waals surface area contributed by atoms with Gasteiger partial charge in [0.15, 0.2) is 0 Å². The SMILES string of the molecule is Cn1cc[n+](C)c1CCCO. The molecule has 0 fully saturated rings. The van der Waals surface area contributed by atoms with E-state index in [0.29, 0.717) is 0 Å². The number of aliphatic hydroxyl groups excluding tert-OH is 1. The number of hydrogen-bond donors (Lipinski definition) is 1. The summed E-state index contributed by atoms with van der Waals surface area (Å²) in [5.74, 6) is 1.25. The van der Waals surface area contributed by atoms with Crippen LogP contribution in [0.3, 0.4) is 0 Å². The Labute approximate surface area is 66.9 Å². The lowest BCUT2D eigenvalue weighted by molar-refractivity contribution is -0.678. The van der Waals surface area contributed by atoms with Crippen LogP contribution in [-0.4, -0.2) is 16.3 Å². The highest BCUT2D eigenvalue weighted by Gasteiger charge is 2.09. The third-order valence-electron chi connectivity index (χ3n) is 1.89. The van der Waals surface area contributed by atoms with Crippen LogP contribution in [0.25, 0.3) is 0 Å². The summed E-state index contributed by atoms with van der Waals surface area (Å²) in [6, 6.07) is 0. The van der Waals surface area contributed by atoms with Gasteiger partial charge in [0, 0.05) is 6.61 Å². The fourth-order valence-electron chi connectivity index (χ4n) is 1.21. The van der Waals surface area contributed by atoms with Gasteiger partial charge in [-0.15, -0.1) is 0 Å². The molecular weight excluding hydrogens is 140 g/mol. The Morgan fingerprint density at radius 1 is 1.64 bits per heavy atom. The molecule has 0 radical (unpaired) electrons. The largest absolute Gasteiger partial charge is 0.396 e. The van der Waals surface area contributed by atoms with Crippen LogP contribution >= 0.6 is 0 Å². The van der Waals surface area contributed by atoms with Gasteiger partial charge in [-0.2, -0.15) is 0 Å². The van der Waals surface area contributed by atoms with E-state index in [9.17, 15) is 0 Å². The van der Waals surface area contributed by atoms with Crippen LogP contribution in [0.4, 0.5) is 0 Å². The molecule has 11 heavy (non-hydrogen) atoms. The molecule has 1 aromatic heterocycles. The lowest BCUT2D eigenvalue weighted by Gasteiger charge is -1.95. The Balaban J connectivity index is 2.67. The van der Waals surface area contributed by atoms with Crippen LogP contribution in [0.15, 0.2) is 12.4 Å². The first-order valence-corrected chi connectivity index (χ1v) is 3.86. The van der Waals surface area contributed by atoms with E-state index in [4.69, 9.17) is 5.11 Å². The highest BCUT2D eigenvalue weighted by molar-refractivity contribution is 4.81. The van der Waals surface area contributed by atoms with E-state index in [1.807, 2.05) is 26.5 Å². The predicted molar refractivity (Wildman–Crippen MR) is 42.0 cm³/mol. The average molecular weight is 155 g/mol. The normalized spacial score (nSPS) is 10.5. The second-order valence-electron chi connectivity index (χ2n) is 2.76. The molecule has 0 aliphatic heterocycles. The molecule has 0 spiro atoms. The van der Waals surface area contributed by atoms with E-state index >= 15 is 0 Å². The topological polar surface area (TPSA) is 29.0 Å². The fourth-order valence-corrected chi connectivity index (χ4v) is 1.21. The molecule has 0 saturated heterocycles. The number of imidazole rings is 1. The summed E-state index contributed by atoms with van der Waals surface area (Å²) in [7, 11) is 4.04. The van der Waals surface area contributed by atoms with Crippen molar-refractivity contribution < 1.29 is 9.67 Å². The monoisotopic (exact) mass is 155 g/mol. The van der Waals surface area contributed by atoms with Crippen molar-refractivity contribution in [2.75, 3.05) is 6.61 Å². The van der Waals surface area contributed by atoms with Gasteiger partial charge < -0.3 is 5.11 Å². The Kier molecular flexibility index (Phi) is 2.65. The number of nitrogens with zero attached hydrogens (tertiary/aromatic N) is 2. The summed E-state index contributed by atoms with van der Waals surface area (Å²) in [5, 5.41) is 8.63. The average Bonchev–Trinajstić information content (AvgIpc) is 2.29. The second kappa shape index (κ2) is 3.53. The predicted octanol–water partition coefficient (Wildman–Crippen LogP) is -0.226. The molecule has 0 aliphatic rings. The lowest BCUT2D eigenvalue weighted by Crippen LogP contribution is -2.31. The molecule has 1 N–H and O–H groups in total. The Bertz CT molecular complexity index is 210. The van der Waals surface area contributed by atoms with Gasteiger partial charge in [0.05, 0.1) is 20.5 Å². The molecule has 0 aliphatic carbocycles. The van der Waals surface area contributed by atoms with E-state index in [0.717, 1.165) is 12.8 Å². The molecular formula is C8H15N2O+. The Hall–Kier alpha value is -0.830. The number of hydrogen-bond acceptors (Lipinski definition) is 1. The molecule has 0 atom stereocenters. The Morgan fingerprint density at radius 3 is 2.82 bits per heavy atom. The van der Waals surface area contributed by atoms with E-state index in [-0.39, 0.29) is 6.61 Å². The standard InChI is InChI=1S/C8H15N2O/c1-9-5-6-10(2)8(9)4-3-7-11/h5-6,11H,3-4,7H2,1-2H3/q+1. The summed E-state index contributed by atoms with van der Waals surface area (Å²) in [6.07, 6.45) is 5.82. The first kappa shape index (κ1) is 8.27. The quantitative estimate of drug-likeness (QED) is 0.600. The van der Waals surface area contributed by atoms with Crippen molar-refractivity contribution in [3.63, 3.8) is 0 Å². The van der Waals surface area contributed by atoms with Gasteiger partial charge >= 0.3 is 0 Å². The van der Waals surface area contributed by atoms with Crippen molar-refractivity contribution in [2.24, 2.45) is 14.1 Å². The Morgan fingerprint density at radius 2 is 2.36 bits per heavy atom. The lowest BCUT2D eigenvalue weighted by atomic mass is 10.3. The molecule has 0 bridgehead atoms. The number of aromatic nitrogens is 2. The van der Waals surface area contributed by atoms with Gasteiger partial charge in [-0.1, -0.05) is 0 Å². The highest BCUT2D eigenvalue weighted by atomic mass is 16.2. The zero-order chi connectivity index (χ0) is 8.27. The van der Waals surface area contributed by atoms with E-state index in [1.54, 1.807) is 0 Å². The van der Waals surface area contributed by atoms with E-state index < -0.39 is 0 Å². The van der Waals surface area contributed by atoms with Crippen molar-refractivity contribution >= 4 is 0 Å². The molecule has 0 aromatic carbocycles. The molecule has 0 amide bonds. The summed E-state index contributed by atoms with van der Waals surface area (Å²) in [6.45, 7) is 0.269. The smallest absolute Gasteiger partial charge is 0.256 e. The van der Waals surface area contributed by atoms with Crippen molar-refractivity contribution in [2.45, 2.75) is 12.8 Å². The van der Waals surface area contributed by atoms with Gasteiger partial charge in [0.1, 0.15) is 12.4 Å². The maximum Gasteiger partial charge on any atom is 0.256 e. The van der Waals surface area contributed by atoms with Gasteiger partial charge in [-0.3, -0.25) is 0 Å². The van der Waals surface area contributed by atoms with Gasteiger partial charge in [-0.05, 0) is 6.42 Å². The molecule has 1 rings (SSSR count). The molecule has 62 valence electrons. The zero-order valence-electron chi connectivity index (χ0n) is 7.12. The number of aryl methyl sites for hydroxylation is 2. The molecule has 1 heterocycles. The molecule has 3 heteroatoms.